The molecule has 0 radical (unpaired) electrons. The lowest BCUT2D eigenvalue weighted by molar-refractivity contribution is -0.384. The van der Waals surface area contributed by atoms with Gasteiger partial charge in [-0.3, -0.25) is 19.6 Å². The van der Waals surface area contributed by atoms with E-state index in [-0.39, 0.29) is 21.2 Å². The first-order valence-corrected chi connectivity index (χ1v) is 12.1. The molecule has 0 unspecified atom stereocenters. The number of sulfonamides is 1. The highest BCUT2D eigenvalue weighted by Gasteiger charge is 2.18. The molecule has 0 aromatic heterocycles. The Morgan fingerprint density at radius 1 is 0.857 bits per heavy atom. The van der Waals surface area contributed by atoms with Gasteiger partial charge >= 0.3 is 0 Å². The number of benzene rings is 4. The van der Waals surface area contributed by atoms with E-state index >= 15 is 0 Å². The number of hydrogen-bond donors (Lipinski definition) is 2. The molecule has 0 fully saturated rings. The van der Waals surface area contributed by atoms with Crippen molar-refractivity contribution in [3.8, 4) is 11.1 Å². The van der Waals surface area contributed by atoms with Gasteiger partial charge < -0.3 is 5.32 Å². The van der Waals surface area contributed by atoms with E-state index in [0.717, 1.165) is 6.07 Å². The first-order valence-electron chi connectivity index (χ1n) is 10.3. The molecule has 4 rings (SSSR count). The van der Waals surface area contributed by atoms with Gasteiger partial charge in [0.25, 0.3) is 21.6 Å². The molecule has 0 aliphatic heterocycles. The molecule has 0 saturated heterocycles. The van der Waals surface area contributed by atoms with Crippen molar-refractivity contribution < 1.29 is 18.1 Å². The average molecular weight is 508 g/mol. The highest BCUT2D eigenvalue weighted by atomic mass is 35.5. The molecular formula is C25H18ClN3O5S. The van der Waals surface area contributed by atoms with Crippen molar-refractivity contribution in [3.05, 3.63) is 118 Å². The van der Waals surface area contributed by atoms with Gasteiger partial charge in [0.1, 0.15) is 0 Å². The van der Waals surface area contributed by atoms with Crippen molar-refractivity contribution in [3.63, 3.8) is 0 Å². The van der Waals surface area contributed by atoms with Gasteiger partial charge in [-0.1, -0.05) is 60.1 Å². The summed E-state index contributed by atoms with van der Waals surface area (Å²) in [6.07, 6.45) is 0. The van der Waals surface area contributed by atoms with Crippen LogP contribution in [0.25, 0.3) is 11.1 Å². The standard InChI is InChI=1S/C25H18ClN3O5S/c26-23-15-14-19(29(31)32)16-22(23)25(30)27-18-12-10-17(11-13-18)21-8-4-5-9-24(21)28-35(33,34)20-6-2-1-3-7-20/h1-16,28H,(H,27,30). The molecule has 0 atom stereocenters. The number of para-hydroxylation sites is 1. The molecule has 176 valence electrons. The Morgan fingerprint density at radius 3 is 2.20 bits per heavy atom. The van der Waals surface area contributed by atoms with Crippen molar-refractivity contribution in [1.82, 2.24) is 0 Å². The number of carbonyl (C=O) groups excluding carboxylic acids is 1. The van der Waals surface area contributed by atoms with E-state index in [0.29, 0.717) is 22.5 Å². The molecule has 4 aromatic carbocycles. The molecular weight excluding hydrogens is 490 g/mol. The van der Waals surface area contributed by atoms with Gasteiger partial charge in [0.05, 0.1) is 26.1 Å². The summed E-state index contributed by atoms with van der Waals surface area (Å²) >= 11 is 6.04. The van der Waals surface area contributed by atoms with Crippen LogP contribution in [0, 0.1) is 10.1 Å². The van der Waals surface area contributed by atoms with Gasteiger partial charge in [-0.25, -0.2) is 8.42 Å². The smallest absolute Gasteiger partial charge is 0.270 e. The van der Waals surface area contributed by atoms with Crippen LogP contribution in [0.2, 0.25) is 5.02 Å². The molecule has 0 aliphatic rings. The maximum absolute atomic E-state index is 12.8. The monoisotopic (exact) mass is 507 g/mol. The highest BCUT2D eigenvalue weighted by molar-refractivity contribution is 7.92. The quantitative estimate of drug-likeness (QED) is 0.236. The fraction of sp³-hybridized carbons (Fsp3) is 0. The molecule has 10 heteroatoms. The van der Waals surface area contributed by atoms with E-state index in [9.17, 15) is 23.3 Å². The summed E-state index contributed by atoms with van der Waals surface area (Å²) in [5, 5.41) is 13.7. The van der Waals surface area contributed by atoms with Gasteiger partial charge in [-0.15, -0.1) is 0 Å². The molecule has 0 spiro atoms. The number of halogens is 1. The first kappa shape index (κ1) is 23.9. The zero-order valence-electron chi connectivity index (χ0n) is 18.0. The third-order valence-corrected chi connectivity index (χ3v) is 6.80. The van der Waals surface area contributed by atoms with Crippen LogP contribution in [0.15, 0.2) is 102 Å². The minimum absolute atomic E-state index is 0.0226. The van der Waals surface area contributed by atoms with Crippen molar-refractivity contribution in [2.24, 2.45) is 0 Å². The molecule has 0 saturated carbocycles. The summed E-state index contributed by atoms with van der Waals surface area (Å²) in [7, 11) is -3.78. The number of nitrogens with one attached hydrogen (secondary N) is 2. The molecule has 8 nitrogen and oxygen atoms in total. The van der Waals surface area contributed by atoms with Gasteiger partial charge in [0, 0.05) is 23.4 Å². The number of carbonyl (C=O) groups is 1. The van der Waals surface area contributed by atoms with E-state index in [1.54, 1.807) is 66.7 Å². The molecule has 0 heterocycles. The fourth-order valence-electron chi connectivity index (χ4n) is 3.36. The second kappa shape index (κ2) is 9.96. The summed E-state index contributed by atoms with van der Waals surface area (Å²) in [5.41, 5.74) is 1.92. The van der Waals surface area contributed by atoms with Crippen LogP contribution in [0.4, 0.5) is 17.1 Å². The van der Waals surface area contributed by atoms with Gasteiger partial charge in [-0.2, -0.15) is 0 Å². The lowest BCUT2D eigenvalue weighted by Crippen LogP contribution is -2.13. The SMILES string of the molecule is O=C(Nc1ccc(-c2ccccc2NS(=O)(=O)c2ccccc2)cc1)c1cc([N+](=O)[O-])ccc1Cl. The average Bonchev–Trinajstić information content (AvgIpc) is 2.85. The number of anilines is 2. The van der Waals surface area contributed by atoms with Crippen LogP contribution in [-0.4, -0.2) is 19.2 Å². The molecule has 1 amide bonds. The van der Waals surface area contributed by atoms with Crippen LogP contribution in [0.5, 0.6) is 0 Å². The van der Waals surface area contributed by atoms with Crippen molar-refractivity contribution in [2.45, 2.75) is 4.90 Å². The Kier molecular flexibility index (Phi) is 6.81. The Balaban J connectivity index is 1.56. The van der Waals surface area contributed by atoms with Gasteiger partial charge in [0.15, 0.2) is 0 Å². The minimum atomic E-state index is -3.78. The van der Waals surface area contributed by atoms with Crippen LogP contribution < -0.4 is 10.0 Å². The Hall–Kier alpha value is -4.21. The number of hydrogen-bond acceptors (Lipinski definition) is 5. The van der Waals surface area contributed by atoms with E-state index in [4.69, 9.17) is 11.6 Å². The molecule has 0 bridgehead atoms. The number of non-ortho nitro benzene ring substituents is 1. The van der Waals surface area contributed by atoms with Crippen LogP contribution in [0.1, 0.15) is 10.4 Å². The number of nitrogens with zero attached hydrogens (tertiary/aromatic N) is 1. The van der Waals surface area contributed by atoms with Crippen LogP contribution in [0.3, 0.4) is 0 Å². The largest absolute Gasteiger partial charge is 0.322 e. The number of rotatable bonds is 7. The van der Waals surface area contributed by atoms with Crippen molar-refractivity contribution >= 4 is 44.6 Å². The number of nitro groups is 1. The zero-order chi connectivity index (χ0) is 25.0. The summed E-state index contributed by atoms with van der Waals surface area (Å²) < 4.78 is 28.2. The second-order valence-corrected chi connectivity index (χ2v) is 9.51. The van der Waals surface area contributed by atoms with Crippen molar-refractivity contribution in [2.75, 3.05) is 10.0 Å². The number of nitro benzene ring substituents is 1. The summed E-state index contributed by atoms with van der Waals surface area (Å²) in [5.74, 6) is -0.595. The van der Waals surface area contributed by atoms with Gasteiger partial charge in [-0.05, 0) is 42.0 Å². The fourth-order valence-corrected chi connectivity index (χ4v) is 4.66. The zero-order valence-corrected chi connectivity index (χ0v) is 19.6. The molecule has 0 aliphatic carbocycles. The van der Waals surface area contributed by atoms with Gasteiger partial charge in [0.2, 0.25) is 0 Å². The second-order valence-electron chi connectivity index (χ2n) is 7.42. The summed E-state index contributed by atoms with van der Waals surface area (Å²) in [6.45, 7) is 0. The molecule has 2 N–H and O–H groups in total. The molecule has 4 aromatic rings. The van der Waals surface area contributed by atoms with Crippen molar-refractivity contribution in [1.29, 1.82) is 0 Å². The lowest BCUT2D eigenvalue weighted by Gasteiger charge is -2.13. The predicted octanol–water partition coefficient (Wildman–Crippen LogP) is 5.97. The predicted molar refractivity (Wildman–Crippen MR) is 135 cm³/mol. The molecule has 35 heavy (non-hydrogen) atoms. The topological polar surface area (TPSA) is 118 Å². The summed E-state index contributed by atoms with van der Waals surface area (Å²) in [4.78, 5) is 23.2. The maximum Gasteiger partial charge on any atom is 0.270 e. The lowest BCUT2D eigenvalue weighted by atomic mass is 10.0. The number of amides is 1. The Bertz CT molecular complexity index is 1510. The maximum atomic E-state index is 12.8. The normalized spacial score (nSPS) is 11.0. The van der Waals surface area contributed by atoms with Crippen LogP contribution >= 0.6 is 11.6 Å². The summed E-state index contributed by atoms with van der Waals surface area (Å²) in [6, 6.07) is 25.4. The van der Waals surface area contributed by atoms with Crippen LogP contribution in [-0.2, 0) is 10.0 Å². The minimum Gasteiger partial charge on any atom is -0.322 e. The van der Waals surface area contributed by atoms with E-state index in [1.165, 1.54) is 24.3 Å². The third-order valence-electron chi connectivity index (χ3n) is 5.08. The Morgan fingerprint density at radius 2 is 1.51 bits per heavy atom. The third kappa shape index (κ3) is 5.48. The van der Waals surface area contributed by atoms with E-state index in [1.807, 2.05) is 0 Å². The first-order chi connectivity index (χ1) is 16.7. The highest BCUT2D eigenvalue weighted by Crippen LogP contribution is 2.31. The van der Waals surface area contributed by atoms with E-state index in [2.05, 4.69) is 10.0 Å². The van der Waals surface area contributed by atoms with E-state index < -0.39 is 20.9 Å². The Labute approximate surface area is 206 Å².